The summed E-state index contributed by atoms with van der Waals surface area (Å²) in [5.41, 5.74) is 2.61. The number of nitrogens with zero attached hydrogens (tertiary/aromatic N) is 2. The number of carbonyl (C=O) groups excluding carboxylic acids is 1. The molecule has 0 aromatic heterocycles. The van der Waals surface area contributed by atoms with Crippen LogP contribution in [0.4, 0.5) is 0 Å². The number of carboxylic acids is 2. The van der Waals surface area contributed by atoms with Crippen molar-refractivity contribution in [2.45, 2.75) is 45.7 Å². The molecular formula is C30H36N2O5. The van der Waals surface area contributed by atoms with Crippen LogP contribution in [0.15, 0.2) is 72.8 Å². The quantitative estimate of drug-likeness (QED) is 0.417. The van der Waals surface area contributed by atoms with Gasteiger partial charge in [-0.1, -0.05) is 86.1 Å². The molecule has 3 aromatic rings. The van der Waals surface area contributed by atoms with Gasteiger partial charge in [0.25, 0.3) is 0 Å². The maximum atomic E-state index is 13.4. The number of benzene rings is 3. The summed E-state index contributed by atoms with van der Waals surface area (Å²) in [5.74, 6) is -3.14. The van der Waals surface area contributed by atoms with Crippen LogP contribution in [-0.4, -0.2) is 57.5 Å². The summed E-state index contributed by atoms with van der Waals surface area (Å²) >= 11 is 0. The predicted octanol–water partition coefficient (Wildman–Crippen LogP) is 5.04. The van der Waals surface area contributed by atoms with Crippen LogP contribution in [-0.2, 0) is 27.5 Å². The number of piperidine rings is 1. The van der Waals surface area contributed by atoms with Crippen molar-refractivity contribution in [1.82, 2.24) is 9.80 Å². The normalized spacial score (nSPS) is 14.0. The lowest BCUT2D eigenvalue weighted by Gasteiger charge is -2.34. The van der Waals surface area contributed by atoms with E-state index >= 15 is 0 Å². The summed E-state index contributed by atoms with van der Waals surface area (Å²) in [6.07, 6.45) is 4.10. The topological polar surface area (TPSA) is 98.2 Å². The van der Waals surface area contributed by atoms with E-state index in [4.69, 9.17) is 19.8 Å². The third kappa shape index (κ3) is 8.43. The van der Waals surface area contributed by atoms with Crippen molar-refractivity contribution in [3.8, 4) is 0 Å². The minimum absolute atomic E-state index is 0.157. The van der Waals surface area contributed by atoms with Gasteiger partial charge < -0.3 is 15.1 Å². The first kappa shape index (κ1) is 27.9. The SMILES string of the molecule is CCCCN(Cc1ccccc1)C(=O)C1CCN(Cc2cccc3ccccc23)CC1.O=C(O)C(=O)O. The highest BCUT2D eigenvalue weighted by Crippen LogP contribution is 2.25. The van der Waals surface area contributed by atoms with Crippen molar-refractivity contribution in [3.05, 3.63) is 83.9 Å². The Kier molecular flexibility index (Phi) is 10.6. The van der Waals surface area contributed by atoms with Gasteiger partial charge in [-0.05, 0) is 54.3 Å². The molecule has 1 aliphatic rings. The molecule has 3 aromatic carbocycles. The molecule has 1 fully saturated rings. The second-order valence-electron chi connectivity index (χ2n) is 9.40. The van der Waals surface area contributed by atoms with Crippen LogP contribution in [0.3, 0.4) is 0 Å². The number of hydrogen-bond acceptors (Lipinski definition) is 4. The second-order valence-corrected chi connectivity index (χ2v) is 9.40. The average Bonchev–Trinajstić information content (AvgIpc) is 2.92. The van der Waals surface area contributed by atoms with Crippen LogP contribution >= 0.6 is 0 Å². The molecule has 0 atom stereocenters. The third-order valence-corrected chi connectivity index (χ3v) is 6.70. The predicted molar refractivity (Wildman–Crippen MR) is 144 cm³/mol. The molecular weight excluding hydrogens is 468 g/mol. The van der Waals surface area contributed by atoms with E-state index in [1.54, 1.807) is 0 Å². The largest absolute Gasteiger partial charge is 0.473 e. The van der Waals surface area contributed by atoms with Crippen LogP contribution in [0.5, 0.6) is 0 Å². The minimum Gasteiger partial charge on any atom is -0.473 e. The standard InChI is InChI=1S/C28H34N2O.C2H2O4/c1-2-3-18-30(21-23-10-5-4-6-11-23)28(31)25-16-19-29(20-17-25)22-26-14-9-13-24-12-7-8-15-27(24)26;3-1(4)2(5)6/h4-15,25H,2-3,16-22H2,1H3;(H,3,4)(H,5,6). The van der Waals surface area contributed by atoms with E-state index in [0.717, 1.165) is 58.4 Å². The van der Waals surface area contributed by atoms with Gasteiger partial charge in [-0.25, -0.2) is 9.59 Å². The van der Waals surface area contributed by atoms with E-state index in [0.29, 0.717) is 5.91 Å². The molecule has 0 aliphatic carbocycles. The lowest BCUT2D eigenvalue weighted by molar-refractivity contribution is -0.159. The third-order valence-electron chi connectivity index (χ3n) is 6.70. The van der Waals surface area contributed by atoms with Gasteiger partial charge in [-0.3, -0.25) is 9.69 Å². The number of hydrogen-bond donors (Lipinski definition) is 2. The number of unbranched alkanes of at least 4 members (excludes halogenated alkanes) is 1. The molecule has 1 heterocycles. The fourth-order valence-electron chi connectivity index (χ4n) is 4.69. The summed E-state index contributed by atoms with van der Waals surface area (Å²) in [5, 5.41) is 17.4. The van der Waals surface area contributed by atoms with Gasteiger partial charge in [0, 0.05) is 25.6 Å². The van der Waals surface area contributed by atoms with Crippen molar-refractivity contribution in [1.29, 1.82) is 0 Å². The van der Waals surface area contributed by atoms with Crippen molar-refractivity contribution >= 4 is 28.6 Å². The average molecular weight is 505 g/mol. The second kappa shape index (κ2) is 14.1. The fourth-order valence-corrected chi connectivity index (χ4v) is 4.69. The number of aliphatic carboxylic acids is 2. The van der Waals surface area contributed by atoms with E-state index in [1.807, 2.05) is 6.07 Å². The molecule has 2 N–H and O–H groups in total. The maximum Gasteiger partial charge on any atom is 0.414 e. The number of carbonyl (C=O) groups is 3. The highest BCUT2D eigenvalue weighted by molar-refractivity contribution is 6.27. The van der Waals surface area contributed by atoms with Crippen LogP contribution < -0.4 is 0 Å². The van der Waals surface area contributed by atoms with Crippen molar-refractivity contribution in [2.24, 2.45) is 5.92 Å². The van der Waals surface area contributed by atoms with Gasteiger partial charge in [-0.15, -0.1) is 0 Å². The molecule has 0 unspecified atom stereocenters. The first-order valence-corrected chi connectivity index (χ1v) is 12.9. The van der Waals surface area contributed by atoms with Gasteiger partial charge in [0.05, 0.1) is 0 Å². The Morgan fingerprint density at radius 2 is 1.49 bits per heavy atom. The van der Waals surface area contributed by atoms with E-state index in [2.05, 4.69) is 83.5 Å². The van der Waals surface area contributed by atoms with E-state index in [1.165, 1.54) is 21.9 Å². The van der Waals surface area contributed by atoms with E-state index in [9.17, 15) is 4.79 Å². The number of likely N-dealkylation sites (tertiary alicyclic amines) is 1. The summed E-state index contributed by atoms with van der Waals surface area (Å²) in [7, 11) is 0. The molecule has 4 rings (SSSR count). The van der Waals surface area contributed by atoms with Gasteiger partial charge in [-0.2, -0.15) is 0 Å². The number of carboxylic acid groups (broad SMARTS) is 2. The van der Waals surface area contributed by atoms with Crippen molar-refractivity contribution < 1.29 is 24.6 Å². The Labute approximate surface area is 218 Å². The summed E-state index contributed by atoms with van der Waals surface area (Å²) < 4.78 is 0. The highest BCUT2D eigenvalue weighted by atomic mass is 16.4. The Morgan fingerprint density at radius 3 is 2.14 bits per heavy atom. The lowest BCUT2D eigenvalue weighted by atomic mass is 9.94. The zero-order chi connectivity index (χ0) is 26.6. The molecule has 7 nitrogen and oxygen atoms in total. The molecule has 0 bridgehead atoms. The Hall–Kier alpha value is -3.71. The summed E-state index contributed by atoms with van der Waals surface area (Å²) in [6.45, 7) is 6.73. The zero-order valence-electron chi connectivity index (χ0n) is 21.4. The van der Waals surface area contributed by atoms with Crippen molar-refractivity contribution in [2.75, 3.05) is 19.6 Å². The molecule has 1 aliphatic heterocycles. The van der Waals surface area contributed by atoms with Gasteiger partial charge in [0.15, 0.2) is 0 Å². The van der Waals surface area contributed by atoms with Gasteiger partial charge >= 0.3 is 11.9 Å². The summed E-state index contributed by atoms with van der Waals surface area (Å²) in [6, 6.07) is 25.6. The number of rotatable bonds is 8. The number of amides is 1. The Morgan fingerprint density at radius 1 is 0.865 bits per heavy atom. The molecule has 7 heteroatoms. The molecule has 37 heavy (non-hydrogen) atoms. The van der Waals surface area contributed by atoms with E-state index in [-0.39, 0.29) is 5.92 Å². The molecule has 0 spiro atoms. The fraction of sp³-hybridized carbons (Fsp3) is 0.367. The number of fused-ring (bicyclic) bond motifs is 1. The minimum atomic E-state index is -1.82. The first-order valence-electron chi connectivity index (χ1n) is 12.9. The first-order chi connectivity index (χ1) is 17.9. The molecule has 0 radical (unpaired) electrons. The maximum absolute atomic E-state index is 13.4. The van der Waals surface area contributed by atoms with Gasteiger partial charge in [0.1, 0.15) is 0 Å². The van der Waals surface area contributed by atoms with E-state index < -0.39 is 11.9 Å². The molecule has 1 amide bonds. The lowest BCUT2D eigenvalue weighted by Crippen LogP contribution is -2.42. The monoisotopic (exact) mass is 504 g/mol. The van der Waals surface area contributed by atoms with Crippen LogP contribution in [0.1, 0.15) is 43.7 Å². The molecule has 1 saturated heterocycles. The van der Waals surface area contributed by atoms with Gasteiger partial charge in [0.2, 0.25) is 5.91 Å². The highest BCUT2D eigenvalue weighted by Gasteiger charge is 2.28. The summed E-state index contributed by atoms with van der Waals surface area (Å²) in [4.78, 5) is 36.2. The van der Waals surface area contributed by atoms with Crippen LogP contribution in [0.2, 0.25) is 0 Å². The van der Waals surface area contributed by atoms with Crippen LogP contribution in [0.25, 0.3) is 10.8 Å². The van der Waals surface area contributed by atoms with Crippen molar-refractivity contribution in [3.63, 3.8) is 0 Å². The smallest absolute Gasteiger partial charge is 0.414 e. The Bertz CT molecular complexity index is 1160. The zero-order valence-corrected chi connectivity index (χ0v) is 21.4. The van der Waals surface area contributed by atoms with Crippen LogP contribution in [0, 0.1) is 5.92 Å². The Balaban J connectivity index is 0.000000568. The molecule has 196 valence electrons. The molecule has 0 saturated carbocycles.